The van der Waals surface area contributed by atoms with Gasteiger partial charge in [0, 0.05) is 42.9 Å². The molecule has 6 heteroatoms. The largest absolute Gasteiger partial charge is 0.377 e. The van der Waals surface area contributed by atoms with E-state index in [-0.39, 0.29) is 23.6 Å². The third-order valence-electron chi connectivity index (χ3n) is 5.60. The lowest BCUT2D eigenvalue weighted by Crippen LogP contribution is -2.67. The molecule has 2 amide bonds. The van der Waals surface area contributed by atoms with E-state index in [9.17, 15) is 4.79 Å². The predicted octanol–water partition coefficient (Wildman–Crippen LogP) is 2.49. The first-order chi connectivity index (χ1) is 12.1. The van der Waals surface area contributed by atoms with Gasteiger partial charge in [-0.3, -0.25) is 0 Å². The Bertz CT molecular complexity index is 757. The standard InChI is InChI=1S/C19H24N4O2/c1-19(2)16(14-7-10-25-17(14)19)22-18(24)21-11-13-5-3-4-6-15(13)23-9-8-20-12-23/h3-6,8-9,12,14,16-17H,7,10-11H2,1-2H3,(H2,21,22,24). The number of nitrogens with one attached hydrogen (secondary N) is 2. The summed E-state index contributed by atoms with van der Waals surface area (Å²) in [5.41, 5.74) is 2.06. The Labute approximate surface area is 147 Å². The molecule has 132 valence electrons. The van der Waals surface area contributed by atoms with Crippen molar-refractivity contribution >= 4 is 6.03 Å². The molecule has 4 rings (SSSR count). The molecule has 2 fully saturated rings. The van der Waals surface area contributed by atoms with Crippen LogP contribution in [0.15, 0.2) is 43.0 Å². The highest BCUT2D eigenvalue weighted by Crippen LogP contribution is 2.52. The van der Waals surface area contributed by atoms with Gasteiger partial charge >= 0.3 is 6.03 Å². The molecule has 1 saturated carbocycles. The lowest BCUT2D eigenvalue weighted by molar-refractivity contribution is -0.108. The molecule has 1 saturated heterocycles. The number of para-hydroxylation sites is 1. The molecule has 0 bridgehead atoms. The van der Waals surface area contributed by atoms with Crippen LogP contribution in [0, 0.1) is 11.3 Å². The normalized spacial score (nSPS) is 26.6. The van der Waals surface area contributed by atoms with Crippen molar-refractivity contribution in [2.24, 2.45) is 11.3 Å². The van der Waals surface area contributed by atoms with Crippen LogP contribution in [0.5, 0.6) is 0 Å². The lowest BCUT2D eigenvalue weighted by atomic mass is 9.57. The van der Waals surface area contributed by atoms with Gasteiger partial charge in [-0.05, 0) is 18.1 Å². The van der Waals surface area contributed by atoms with Crippen molar-refractivity contribution in [3.05, 3.63) is 48.5 Å². The summed E-state index contributed by atoms with van der Waals surface area (Å²) in [6, 6.07) is 8.05. The van der Waals surface area contributed by atoms with Crippen LogP contribution in [-0.2, 0) is 11.3 Å². The highest BCUT2D eigenvalue weighted by atomic mass is 16.5. The molecule has 0 spiro atoms. The molecule has 0 radical (unpaired) electrons. The molecular weight excluding hydrogens is 316 g/mol. The topological polar surface area (TPSA) is 68.2 Å². The summed E-state index contributed by atoms with van der Waals surface area (Å²) in [6.07, 6.45) is 6.71. The van der Waals surface area contributed by atoms with Gasteiger partial charge in [-0.1, -0.05) is 32.0 Å². The summed E-state index contributed by atoms with van der Waals surface area (Å²) < 4.78 is 7.73. The number of carbonyl (C=O) groups excluding carboxylic acids is 1. The van der Waals surface area contributed by atoms with E-state index in [1.165, 1.54) is 0 Å². The van der Waals surface area contributed by atoms with Gasteiger partial charge in [0.1, 0.15) is 0 Å². The smallest absolute Gasteiger partial charge is 0.315 e. The SMILES string of the molecule is CC1(C)C(NC(=O)NCc2ccccc2-n2ccnc2)C2CCOC21. The van der Waals surface area contributed by atoms with Crippen molar-refractivity contribution < 1.29 is 9.53 Å². The van der Waals surface area contributed by atoms with E-state index in [1.807, 2.05) is 35.0 Å². The van der Waals surface area contributed by atoms with E-state index in [0.717, 1.165) is 24.3 Å². The second-order valence-electron chi connectivity index (χ2n) is 7.47. The van der Waals surface area contributed by atoms with Crippen LogP contribution in [0.2, 0.25) is 0 Å². The molecule has 2 aliphatic rings. The molecule has 1 aromatic heterocycles. The number of hydrogen-bond acceptors (Lipinski definition) is 3. The molecule has 25 heavy (non-hydrogen) atoms. The zero-order chi connectivity index (χ0) is 17.4. The fourth-order valence-electron chi connectivity index (χ4n) is 4.30. The highest BCUT2D eigenvalue weighted by molar-refractivity contribution is 5.74. The lowest BCUT2D eigenvalue weighted by Gasteiger charge is -2.54. The van der Waals surface area contributed by atoms with Crippen molar-refractivity contribution in [1.82, 2.24) is 20.2 Å². The van der Waals surface area contributed by atoms with Crippen molar-refractivity contribution in [2.75, 3.05) is 6.61 Å². The maximum atomic E-state index is 12.4. The third kappa shape index (κ3) is 2.80. The number of rotatable bonds is 4. The van der Waals surface area contributed by atoms with Crippen molar-refractivity contribution in [2.45, 2.75) is 39.0 Å². The first kappa shape index (κ1) is 16.1. The molecule has 1 aliphatic carbocycles. The molecule has 3 atom stereocenters. The Balaban J connectivity index is 1.39. The van der Waals surface area contributed by atoms with Gasteiger partial charge in [0.15, 0.2) is 0 Å². The van der Waals surface area contributed by atoms with Gasteiger partial charge in [-0.2, -0.15) is 0 Å². The molecule has 3 unspecified atom stereocenters. The van der Waals surface area contributed by atoms with Crippen LogP contribution in [0.1, 0.15) is 25.8 Å². The molecule has 1 aliphatic heterocycles. The molecular formula is C19H24N4O2. The average Bonchev–Trinajstić information content (AvgIpc) is 3.28. The fourth-order valence-corrected chi connectivity index (χ4v) is 4.30. The Kier molecular flexibility index (Phi) is 4.00. The summed E-state index contributed by atoms with van der Waals surface area (Å²) in [4.78, 5) is 16.5. The molecule has 1 aromatic carbocycles. The first-order valence-electron chi connectivity index (χ1n) is 8.79. The summed E-state index contributed by atoms with van der Waals surface area (Å²) in [5, 5.41) is 6.15. The predicted molar refractivity (Wildman–Crippen MR) is 94.4 cm³/mol. The van der Waals surface area contributed by atoms with Crippen molar-refractivity contribution in [3.8, 4) is 5.69 Å². The van der Waals surface area contributed by atoms with E-state index in [0.29, 0.717) is 12.5 Å². The maximum Gasteiger partial charge on any atom is 0.315 e. The minimum Gasteiger partial charge on any atom is -0.377 e. The number of aromatic nitrogens is 2. The number of fused-ring (bicyclic) bond motifs is 1. The Morgan fingerprint density at radius 1 is 1.40 bits per heavy atom. The molecule has 2 N–H and O–H groups in total. The Hall–Kier alpha value is -2.34. The molecule has 2 heterocycles. The highest BCUT2D eigenvalue weighted by Gasteiger charge is 2.59. The monoisotopic (exact) mass is 340 g/mol. The minimum atomic E-state index is -0.121. The summed E-state index contributed by atoms with van der Waals surface area (Å²) in [6.45, 7) is 5.60. The number of imidazole rings is 1. The maximum absolute atomic E-state index is 12.4. The van der Waals surface area contributed by atoms with E-state index >= 15 is 0 Å². The van der Waals surface area contributed by atoms with Crippen LogP contribution in [0.4, 0.5) is 4.79 Å². The van der Waals surface area contributed by atoms with Gasteiger partial charge in [-0.25, -0.2) is 9.78 Å². The summed E-state index contributed by atoms with van der Waals surface area (Å²) >= 11 is 0. The average molecular weight is 340 g/mol. The van der Waals surface area contributed by atoms with Gasteiger partial charge in [-0.15, -0.1) is 0 Å². The quantitative estimate of drug-likeness (QED) is 0.898. The van der Waals surface area contributed by atoms with Crippen LogP contribution in [0.3, 0.4) is 0 Å². The number of hydrogen-bond donors (Lipinski definition) is 2. The first-order valence-corrected chi connectivity index (χ1v) is 8.79. The van der Waals surface area contributed by atoms with E-state index < -0.39 is 0 Å². The Morgan fingerprint density at radius 2 is 2.24 bits per heavy atom. The second kappa shape index (κ2) is 6.19. The number of amides is 2. The van der Waals surface area contributed by atoms with Gasteiger partial charge in [0.2, 0.25) is 0 Å². The van der Waals surface area contributed by atoms with Crippen molar-refractivity contribution in [3.63, 3.8) is 0 Å². The van der Waals surface area contributed by atoms with Crippen LogP contribution in [-0.4, -0.2) is 34.3 Å². The summed E-state index contributed by atoms with van der Waals surface area (Å²) in [7, 11) is 0. The van der Waals surface area contributed by atoms with E-state index in [1.54, 1.807) is 12.5 Å². The Morgan fingerprint density at radius 3 is 3.04 bits per heavy atom. The zero-order valence-electron chi connectivity index (χ0n) is 14.6. The zero-order valence-corrected chi connectivity index (χ0v) is 14.6. The van der Waals surface area contributed by atoms with Gasteiger partial charge in [0.05, 0.1) is 18.1 Å². The van der Waals surface area contributed by atoms with E-state index in [2.05, 4.69) is 29.5 Å². The van der Waals surface area contributed by atoms with Crippen LogP contribution < -0.4 is 10.6 Å². The third-order valence-corrected chi connectivity index (χ3v) is 5.60. The fraction of sp³-hybridized carbons (Fsp3) is 0.474. The number of ether oxygens (including phenoxy) is 1. The van der Waals surface area contributed by atoms with Gasteiger partial charge < -0.3 is 19.9 Å². The number of benzene rings is 1. The van der Waals surface area contributed by atoms with Crippen LogP contribution >= 0.6 is 0 Å². The molecule has 6 nitrogen and oxygen atoms in total. The van der Waals surface area contributed by atoms with Gasteiger partial charge in [0.25, 0.3) is 0 Å². The number of carbonyl (C=O) groups is 1. The number of urea groups is 1. The van der Waals surface area contributed by atoms with Crippen LogP contribution in [0.25, 0.3) is 5.69 Å². The minimum absolute atomic E-state index is 0.00672. The molecule has 2 aromatic rings. The summed E-state index contributed by atoms with van der Waals surface area (Å²) in [5.74, 6) is 0.444. The second-order valence-corrected chi connectivity index (χ2v) is 7.47. The van der Waals surface area contributed by atoms with Crippen molar-refractivity contribution in [1.29, 1.82) is 0 Å². The number of nitrogens with zero attached hydrogens (tertiary/aromatic N) is 2. The van der Waals surface area contributed by atoms with E-state index in [4.69, 9.17) is 4.74 Å².